The molecule has 0 saturated carbocycles. The molecule has 0 radical (unpaired) electrons. The molecule has 0 heterocycles. The number of nitrogens with zero attached hydrogens (tertiary/aromatic N) is 1. The van der Waals surface area contributed by atoms with Crippen molar-refractivity contribution in [2.75, 3.05) is 32.6 Å². The normalized spacial score (nSPS) is 10.2. The Kier molecular flexibility index (Phi) is 8.48. The van der Waals surface area contributed by atoms with E-state index in [1.165, 1.54) is 11.9 Å². The molecule has 2 aromatic carbocycles. The van der Waals surface area contributed by atoms with E-state index in [1.807, 2.05) is 24.3 Å². The summed E-state index contributed by atoms with van der Waals surface area (Å²) in [5, 5.41) is 3.03. The number of carbonyl (C=O) groups is 3. The molecule has 0 aliphatic heterocycles. The Hall–Kier alpha value is -3.06. The standard InChI is InChI=1S/C21H23ClN2O5/c1-24(13-19(25)23-18-6-4-3-5-17(18)22)20(26)14-29-21(27)12-9-15-7-10-16(28-2)11-8-15/h3-8,10-11H,9,12-14H2,1-2H3,(H,23,25). The number of esters is 1. The molecular formula is C21H23ClN2O5. The lowest BCUT2D eigenvalue weighted by atomic mass is 10.1. The number of nitrogens with one attached hydrogen (secondary N) is 1. The number of aryl methyl sites for hydroxylation is 1. The lowest BCUT2D eigenvalue weighted by Crippen LogP contribution is -2.37. The number of benzene rings is 2. The molecule has 0 atom stereocenters. The lowest BCUT2D eigenvalue weighted by Gasteiger charge is -2.17. The number of hydrogen-bond donors (Lipinski definition) is 1. The minimum Gasteiger partial charge on any atom is -0.497 e. The molecule has 0 fully saturated rings. The lowest BCUT2D eigenvalue weighted by molar-refractivity contribution is -0.151. The van der Waals surface area contributed by atoms with Crippen LogP contribution in [-0.2, 0) is 25.5 Å². The first kappa shape index (κ1) is 22.2. The van der Waals surface area contributed by atoms with Crippen LogP contribution in [0.25, 0.3) is 0 Å². The molecule has 0 aliphatic carbocycles. The van der Waals surface area contributed by atoms with Crippen LogP contribution in [0.5, 0.6) is 5.75 Å². The van der Waals surface area contributed by atoms with Crippen molar-refractivity contribution < 1.29 is 23.9 Å². The van der Waals surface area contributed by atoms with Gasteiger partial charge < -0.3 is 19.7 Å². The smallest absolute Gasteiger partial charge is 0.306 e. The zero-order valence-corrected chi connectivity index (χ0v) is 17.1. The summed E-state index contributed by atoms with van der Waals surface area (Å²) in [7, 11) is 3.04. The molecule has 0 saturated heterocycles. The third kappa shape index (κ3) is 7.46. The summed E-state index contributed by atoms with van der Waals surface area (Å²) >= 11 is 5.98. The van der Waals surface area contributed by atoms with E-state index in [1.54, 1.807) is 31.4 Å². The molecule has 2 amide bonds. The molecule has 0 bridgehead atoms. The molecule has 8 heteroatoms. The highest BCUT2D eigenvalue weighted by Gasteiger charge is 2.16. The fourth-order valence-corrected chi connectivity index (χ4v) is 2.60. The van der Waals surface area contributed by atoms with Gasteiger partial charge in [0.2, 0.25) is 5.91 Å². The first-order valence-electron chi connectivity index (χ1n) is 8.96. The van der Waals surface area contributed by atoms with Crippen molar-refractivity contribution in [3.05, 3.63) is 59.1 Å². The van der Waals surface area contributed by atoms with E-state index in [0.717, 1.165) is 11.3 Å². The highest BCUT2D eigenvalue weighted by Crippen LogP contribution is 2.20. The third-order valence-electron chi connectivity index (χ3n) is 4.09. The molecule has 7 nitrogen and oxygen atoms in total. The molecule has 0 spiro atoms. The van der Waals surface area contributed by atoms with Gasteiger partial charge in [-0.25, -0.2) is 0 Å². The summed E-state index contributed by atoms with van der Waals surface area (Å²) in [4.78, 5) is 37.2. The van der Waals surface area contributed by atoms with Crippen LogP contribution in [0.3, 0.4) is 0 Å². The summed E-state index contributed by atoms with van der Waals surface area (Å²) < 4.78 is 10.1. The van der Waals surface area contributed by atoms with Crippen LogP contribution < -0.4 is 10.1 Å². The number of hydrogen-bond acceptors (Lipinski definition) is 5. The van der Waals surface area contributed by atoms with Crippen molar-refractivity contribution in [3.8, 4) is 5.75 Å². The second-order valence-corrected chi connectivity index (χ2v) is 6.69. The summed E-state index contributed by atoms with van der Waals surface area (Å²) in [6.45, 7) is -0.606. The summed E-state index contributed by atoms with van der Waals surface area (Å²) in [6, 6.07) is 14.1. The van der Waals surface area contributed by atoms with Gasteiger partial charge in [-0.05, 0) is 36.2 Å². The van der Waals surface area contributed by atoms with Gasteiger partial charge in [-0.2, -0.15) is 0 Å². The van der Waals surface area contributed by atoms with Crippen LogP contribution in [0.4, 0.5) is 5.69 Å². The Labute approximate surface area is 174 Å². The highest BCUT2D eigenvalue weighted by atomic mass is 35.5. The predicted molar refractivity (Wildman–Crippen MR) is 110 cm³/mol. The highest BCUT2D eigenvalue weighted by molar-refractivity contribution is 6.33. The first-order chi connectivity index (χ1) is 13.9. The predicted octanol–water partition coefficient (Wildman–Crippen LogP) is 2.92. The number of ether oxygens (including phenoxy) is 2. The fraction of sp³-hybridized carbons (Fsp3) is 0.286. The molecule has 154 valence electrons. The molecule has 29 heavy (non-hydrogen) atoms. The number of methoxy groups -OCH3 is 1. The number of rotatable bonds is 9. The number of likely N-dealkylation sites (N-methyl/N-ethyl adjacent to an activating group) is 1. The minimum atomic E-state index is -0.483. The van der Waals surface area contributed by atoms with Crippen LogP contribution in [-0.4, -0.2) is 50.0 Å². The molecule has 0 unspecified atom stereocenters. The van der Waals surface area contributed by atoms with Gasteiger partial charge in [-0.1, -0.05) is 35.9 Å². The maximum Gasteiger partial charge on any atom is 0.306 e. The van der Waals surface area contributed by atoms with Crippen molar-refractivity contribution >= 4 is 35.1 Å². The van der Waals surface area contributed by atoms with Gasteiger partial charge in [-0.3, -0.25) is 14.4 Å². The van der Waals surface area contributed by atoms with Crippen LogP contribution >= 0.6 is 11.6 Å². The van der Waals surface area contributed by atoms with Crippen molar-refractivity contribution in [1.29, 1.82) is 0 Å². The Bertz CT molecular complexity index is 854. The number of anilines is 1. The van der Waals surface area contributed by atoms with Crippen molar-refractivity contribution in [2.45, 2.75) is 12.8 Å². The molecule has 1 N–H and O–H groups in total. The minimum absolute atomic E-state index is 0.149. The van der Waals surface area contributed by atoms with Crippen LogP contribution in [0.1, 0.15) is 12.0 Å². The molecule has 2 rings (SSSR count). The Morgan fingerprint density at radius 3 is 2.41 bits per heavy atom. The largest absolute Gasteiger partial charge is 0.497 e. The topological polar surface area (TPSA) is 84.9 Å². The Morgan fingerprint density at radius 1 is 1.07 bits per heavy atom. The van der Waals surface area contributed by atoms with Crippen LogP contribution in [0.15, 0.2) is 48.5 Å². The summed E-state index contributed by atoms with van der Waals surface area (Å²) in [6.07, 6.45) is 0.642. The molecule has 0 aromatic heterocycles. The number of carbonyl (C=O) groups excluding carboxylic acids is 3. The Morgan fingerprint density at radius 2 is 1.76 bits per heavy atom. The number of para-hydroxylation sites is 1. The third-order valence-corrected chi connectivity index (χ3v) is 4.42. The summed E-state index contributed by atoms with van der Waals surface area (Å²) in [5.74, 6) is -0.622. The van der Waals surface area contributed by atoms with Gasteiger partial charge in [0.1, 0.15) is 5.75 Å². The number of amides is 2. The fourth-order valence-electron chi connectivity index (χ4n) is 2.42. The zero-order chi connectivity index (χ0) is 21.2. The molecular weight excluding hydrogens is 396 g/mol. The zero-order valence-electron chi connectivity index (χ0n) is 16.3. The quantitative estimate of drug-likeness (QED) is 0.633. The van der Waals surface area contributed by atoms with E-state index >= 15 is 0 Å². The van der Waals surface area contributed by atoms with Gasteiger partial charge in [0.25, 0.3) is 5.91 Å². The van der Waals surface area contributed by atoms with E-state index in [0.29, 0.717) is 17.1 Å². The SMILES string of the molecule is COc1ccc(CCC(=O)OCC(=O)N(C)CC(=O)Nc2ccccc2Cl)cc1. The molecule has 0 aliphatic rings. The number of halogens is 1. The van der Waals surface area contributed by atoms with E-state index in [4.69, 9.17) is 21.1 Å². The van der Waals surface area contributed by atoms with Gasteiger partial charge in [0, 0.05) is 13.5 Å². The van der Waals surface area contributed by atoms with E-state index in [2.05, 4.69) is 5.32 Å². The van der Waals surface area contributed by atoms with E-state index in [9.17, 15) is 14.4 Å². The van der Waals surface area contributed by atoms with Gasteiger partial charge in [0.05, 0.1) is 24.4 Å². The van der Waals surface area contributed by atoms with E-state index < -0.39 is 24.4 Å². The Balaban J connectivity index is 1.70. The molecule has 2 aromatic rings. The average molecular weight is 419 g/mol. The van der Waals surface area contributed by atoms with Crippen molar-refractivity contribution in [2.24, 2.45) is 0 Å². The van der Waals surface area contributed by atoms with Crippen LogP contribution in [0, 0.1) is 0 Å². The van der Waals surface area contributed by atoms with E-state index in [-0.39, 0.29) is 13.0 Å². The van der Waals surface area contributed by atoms with Crippen molar-refractivity contribution in [1.82, 2.24) is 4.90 Å². The maximum absolute atomic E-state index is 12.1. The van der Waals surface area contributed by atoms with Gasteiger partial charge >= 0.3 is 5.97 Å². The second-order valence-electron chi connectivity index (χ2n) is 6.29. The second kappa shape index (κ2) is 11.1. The average Bonchev–Trinajstić information content (AvgIpc) is 2.72. The monoisotopic (exact) mass is 418 g/mol. The maximum atomic E-state index is 12.1. The van der Waals surface area contributed by atoms with Gasteiger partial charge in [-0.15, -0.1) is 0 Å². The first-order valence-corrected chi connectivity index (χ1v) is 9.33. The van der Waals surface area contributed by atoms with Gasteiger partial charge in [0.15, 0.2) is 6.61 Å². The van der Waals surface area contributed by atoms with Crippen molar-refractivity contribution in [3.63, 3.8) is 0 Å². The van der Waals surface area contributed by atoms with Crippen LogP contribution in [0.2, 0.25) is 5.02 Å². The summed E-state index contributed by atoms with van der Waals surface area (Å²) in [5.41, 5.74) is 1.42.